The van der Waals surface area contributed by atoms with E-state index in [1.54, 1.807) is 0 Å². The summed E-state index contributed by atoms with van der Waals surface area (Å²) in [7, 11) is 0. The van der Waals surface area contributed by atoms with E-state index in [1.165, 1.54) is 24.3 Å². The molecular formula is C14H8ClF7. The van der Waals surface area contributed by atoms with E-state index >= 15 is 0 Å². The summed E-state index contributed by atoms with van der Waals surface area (Å²) < 4.78 is 83.7. The largest absolute Gasteiger partial charge is 0.419 e. The van der Waals surface area contributed by atoms with Crippen LogP contribution in [0.15, 0.2) is 48.5 Å². The van der Waals surface area contributed by atoms with Gasteiger partial charge in [0.05, 0.1) is 16.1 Å². The van der Waals surface area contributed by atoms with Crippen LogP contribution in [0, 0.1) is 5.82 Å². The topological polar surface area (TPSA) is 0 Å². The van der Waals surface area contributed by atoms with Crippen molar-refractivity contribution in [2.45, 2.75) is 12.4 Å². The predicted octanol–water partition coefficient (Wildman–Crippen LogP) is 6.20. The molecule has 0 nitrogen and oxygen atoms in total. The van der Waals surface area contributed by atoms with Gasteiger partial charge in [-0.1, -0.05) is 35.9 Å². The molecule has 8 heteroatoms. The van der Waals surface area contributed by atoms with Gasteiger partial charge < -0.3 is 0 Å². The molecule has 0 saturated carbocycles. The van der Waals surface area contributed by atoms with Crippen molar-refractivity contribution in [3.63, 3.8) is 0 Å². The van der Waals surface area contributed by atoms with Gasteiger partial charge in [-0.25, -0.2) is 4.39 Å². The van der Waals surface area contributed by atoms with E-state index in [9.17, 15) is 30.7 Å². The highest BCUT2D eigenvalue weighted by molar-refractivity contribution is 6.31. The molecule has 0 radical (unpaired) electrons. The van der Waals surface area contributed by atoms with E-state index in [-0.39, 0.29) is 5.02 Å². The maximum absolute atomic E-state index is 12.4. The Morgan fingerprint density at radius 2 is 1.05 bits per heavy atom. The number of alkyl halides is 6. The molecule has 2 aromatic rings. The third kappa shape index (κ3) is 5.22. The monoisotopic (exact) mass is 344 g/mol. The molecule has 0 aliphatic carbocycles. The van der Waals surface area contributed by atoms with Crippen LogP contribution in [0.3, 0.4) is 0 Å². The van der Waals surface area contributed by atoms with E-state index in [0.29, 0.717) is 6.07 Å². The Kier molecular flexibility index (Phi) is 5.82. The first-order valence-electron chi connectivity index (χ1n) is 5.67. The average Bonchev–Trinajstić information content (AvgIpc) is 2.37. The van der Waals surface area contributed by atoms with Crippen LogP contribution in [0.4, 0.5) is 30.7 Å². The lowest BCUT2D eigenvalue weighted by atomic mass is 10.2. The highest BCUT2D eigenvalue weighted by Crippen LogP contribution is 2.34. The average molecular weight is 345 g/mol. The van der Waals surface area contributed by atoms with Crippen molar-refractivity contribution < 1.29 is 30.7 Å². The fourth-order valence-electron chi connectivity index (χ4n) is 1.38. The number of benzene rings is 2. The minimum absolute atomic E-state index is 0.264. The summed E-state index contributed by atoms with van der Waals surface area (Å²) >= 11 is 5.29. The summed E-state index contributed by atoms with van der Waals surface area (Å²) in [5.74, 6) is -1.24. The molecule has 22 heavy (non-hydrogen) atoms. The van der Waals surface area contributed by atoms with Gasteiger partial charge in [-0.3, -0.25) is 0 Å². The van der Waals surface area contributed by atoms with Crippen LogP contribution in [0.1, 0.15) is 11.1 Å². The molecule has 0 atom stereocenters. The van der Waals surface area contributed by atoms with Crippen LogP contribution in [-0.2, 0) is 12.4 Å². The van der Waals surface area contributed by atoms with Gasteiger partial charge in [0, 0.05) is 0 Å². The van der Waals surface area contributed by atoms with E-state index in [1.807, 2.05) is 0 Å². The Hall–Kier alpha value is -1.76. The standard InChI is InChI=1S/C7H4ClF3.C7H4F4/c2*8-6-4-2-1-3-5(6)7(9,10)11/h2*1-4H. The van der Waals surface area contributed by atoms with Gasteiger partial charge in [-0.2, -0.15) is 26.3 Å². The fraction of sp³-hybridized carbons (Fsp3) is 0.143. The highest BCUT2D eigenvalue weighted by Gasteiger charge is 2.33. The highest BCUT2D eigenvalue weighted by atomic mass is 35.5. The van der Waals surface area contributed by atoms with Gasteiger partial charge in [0.2, 0.25) is 0 Å². The molecule has 0 aromatic heterocycles. The molecule has 0 heterocycles. The zero-order chi connectivity index (χ0) is 17.0. The zero-order valence-corrected chi connectivity index (χ0v) is 11.4. The number of hydrogen-bond acceptors (Lipinski definition) is 0. The molecule has 0 spiro atoms. The Morgan fingerprint density at radius 3 is 1.36 bits per heavy atom. The van der Waals surface area contributed by atoms with E-state index in [4.69, 9.17) is 11.6 Å². The lowest BCUT2D eigenvalue weighted by Gasteiger charge is -2.06. The molecule has 0 saturated heterocycles. The summed E-state index contributed by atoms with van der Waals surface area (Å²) in [6.07, 6.45) is -8.94. The maximum atomic E-state index is 12.4. The predicted molar refractivity (Wildman–Crippen MR) is 67.9 cm³/mol. The van der Waals surface area contributed by atoms with Crippen molar-refractivity contribution >= 4 is 11.6 Å². The van der Waals surface area contributed by atoms with E-state index in [0.717, 1.165) is 18.2 Å². The lowest BCUT2D eigenvalue weighted by molar-refractivity contribution is -0.140. The molecule has 0 aliphatic heterocycles. The second kappa shape index (κ2) is 7.00. The molecule has 2 aromatic carbocycles. The van der Waals surface area contributed by atoms with Crippen molar-refractivity contribution in [3.8, 4) is 0 Å². The van der Waals surface area contributed by atoms with Gasteiger partial charge in [-0.05, 0) is 24.3 Å². The minimum atomic E-state index is -4.59. The molecular weight excluding hydrogens is 337 g/mol. The first-order chi connectivity index (χ1) is 10.0. The molecule has 0 bridgehead atoms. The Labute approximate surface area is 126 Å². The SMILES string of the molecule is FC(F)(F)c1ccccc1Cl.Fc1ccccc1C(F)(F)F. The van der Waals surface area contributed by atoms with Crippen LogP contribution in [0.25, 0.3) is 0 Å². The van der Waals surface area contributed by atoms with Crippen molar-refractivity contribution in [1.82, 2.24) is 0 Å². The van der Waals surface area contributed by atoms with Gasteiger partial charge in [0.25, 0.3) is 0 Å². The van der Waals surface area contributed by atoms with Gasteiger partial charge >= 0.3 is 12.4 Å². The van der Waals surface area contributed by atoms with Crippen molar-refractivity contribution in [1.29, 1.82) is 0 Å². The molecule has 2 rings (SSSR count). The Balaban J connectivity index is 0.000000220. The van der Waals surface area contributed by atoms with Crippen LogP contribution in [0.2, 0.25) is 5.02 Å². The summed E-state index contributed by atoms with van der Waals surface area (Å²) in [6, 6.07) is 8.76. The third-order valence-corrected chi connectivity index (χ3v) is 2.69. The van der Waals surface area contributed by atoms with E-state index in [2.05, 4.69) is 0 Å². The quantitative estimate of drug-likeness (QED) is 0.499. The van der Waals surface area contributed by atoms with Crippen LogP contribution >= 0.6 is 11.6 Å². The minimum Gasteiger partial charge on any atom is -0.206 e. The van der Waals surface area contributed by atoms with Gasteiger partial charge in [-0.15, -0.1) is 0 Å². The second-order valence-corrected chi connectivity index (χ2v) is 4.36. The summed E-state index contributed by atoms with van der Waals surface area (Å²) in [6.45, 7) is 0. The number of rotatable bonds is 0. The van der Waals surface area contributed by atoms with Gasteiger partial charge in [0.1, 0.15) is 5.82 Å². The van der Waals surface area contributed by atoms with Crippen molar-refractivity contribution in [2.75, 3.05) is 0 Å². The Bertz CT molecular complexity index is 562. The van der Waals surface area contributed by atoms with E-state index < -0.39 is 29.3 Å². The van der Waals surface area contributed by atoms with Crippen LogP contribution < -0.4 is 0 Å². The third-order valence-electron chi connectivity index (χ3n) is 2.36. The molecule has 0 fully saturated rings. The summed E-state index contributed by atoms with van der Waals surface area (Å²) in [4.78, 5) is 0. The molecule has 0 N–H and O–H groups in total. The zero-order valence-electron chi connectivity index (χ0n) is 10.6. The van der Waals surface area contributed by atoms with Crippen molar-refractivity contribution in [2.24, 2.45) is 0 Å². The molecule has 0 amide bonds. The van der Waals surface area contributed by atoms with Crippen LogP contribution in [-0.4, -0.2) is 0 Å². The first kappa shape index (κ1) is 18.3. The maximum Gasteiger partial charge on any atom is 0.419 e. The second-order valence-electron chi connectivity index (χ2n) is 3.96. The molecule has 0 aliphatic rings. The summed E-state index contributed by atoms with van der Waals surface area (Å²) in [5.41, 5.74) is -2.01. The molecule has 0 unspecified atom stereocenters. The molecule has 120 valence electrons. The first-order valence-corrected chi connectivity index (χ1v) is 6.04. The Morgan fingerprint density at radius 1 is 0.636 bits per heavy atom. The smallest absolute Gasteiger partial charge is 0.206 e. The number of halogens is 8. The number of hydrogen-bond donors (Lipinski definition) is 0. The van der Waals surface area contributed by atoms with Gasteiger partial charge in [0.15, 0.2) is 0 Å². The summed E-state index contributed by atoms with van der Waals surface area (Å²) in [5, 5.41) is -0.264. The normalized spacial score (nSPS) is 11.6. The van der Waals surface area contributed by atoms with Crippen molar-refractivity contribution in [3.05, 3.63) is 70.5 Å². The fourth-order valence-corrected chi connectivity index (χ4v) is 1.63. The lowest BCUT2D eigenvalue weighted by Crippen LogP contribution is -2.07. The van der Waals surface area contributed by atoms with Crippen LogP contribution in [0.5, 0.6) is 0 Å².